The second-order valence-corrected chi connectivity index (χ2v) is 6.34. The van der Waals surface area contributed by atoms with Gasteiger partial charge in [0.1, 0.15) is 0 Å². The number of amides is 1. The molecule has 4 nitrogen and oxygen atoms in total. The monoisotopic (exact) mass is 267 g/mol. The molecule has 19 heavy (non-hydrogen) atoms. The summed E-state index contributed by atoms with van der Waals surface area (Å²) in [4.78, 5) is 23.0. The Morgan fingerprint density at radius 1 is 1.21 bits per heavy atom. The first-order valence-electron chi connectivity index (χ1n) is 7.59. The lowest BCUT2D eigenvalue weighted by molar-refractivity contribution is -0.141. The van der Waals surface area contributed by atoms with Crippen LogP contribution >= 0.6 is 0 Å². The van der Waals surface area contributed by atoms with E-state index in [-0.39, 0.29) is 23.8 Å². The molecule has 4 heteroatoms. The maximum atomic E-state index is 12.1. The average molecular weight is 267 g/mol. The van der Waals surface area contributed by atoms with Crippen LogP contribution in [-0.4, -0.2) is 23.0 Å². The summed E-state index contributed by atoms with van der Waals surface area (Å²) in [6, 6.07) is 0.0691. The molecule has 2 N–H and O–H groups in total. The third kappa shape index (κ3) is 3.95. The van der Waals surface area contributed by atoms with Crippen molar-refractivity contribution >= 4 is 11.9 Å². The van der Waals surface area contributed by atoms with E-state index in [4.69, 9.17) is 5.11 Å². The van der Waals surface area contributed by atoms with Crippen LogP contribution in [0.15, 0.2) is 0 Å². The summed E-state index contributed by atoms with van der Waals surface area (Å²) in [5.74, 6) is -0.0998. The summed E-state index contributed by atoms with van der Waals surface area (Å²) >= 11 is 0. The summed E-state index contributed by atoms with van der Waals surface area (Å²) in [5.41, 5.74) is 0. The van der Waals surface area contributed by atoms with Gasteiger partial charge in [-0.05, 0) is 31.6 Å². The lowest BCUT2D eigenvalue weighted by Gasteiger charge is -2.19. The maximum Gasteiger partial charge on any atom is 0.306 e. The Hall–Kier alpha value is -1.06. The van der Waals surface area contributed by atoms with Crippen molar-refractivity contribution in [2.24, 2.45) is 17.8 Å². The third-order valence-corrected chi connectivity index (χ3v) is 4.74. The molecule has 0 heterocycles. The molecule has 0 spiro atoms. The lowest BCUT2D eigenvalue weighted by Crippen LogP contribution is -2.37. The molecule has 2 saturated carbocycles. The number of carboxylic acids is 1. The Labute approximate surface area is 115 Å². The highest BCUT2D eigenvalue weighted by Gasteiger charge is 2.31. The van der Waals surface area contributed by atoms with Gasteiger partial charge in [0, 0.05) is 12.0 Å². The highest BCUT2D eigenvalue weighted by Crippen LogP contribution is 2.31. The summed E-state index contributed by atoms with van der Waals surface area (Å²) in [6.45, 7) is 2.00. The van der Waals surface area contributed by atoms with E-state index in [1.54, 1.807) is 0 Å². The standard InChI is InChI=1S/C15H25NO3/c1-10(8-11-4-2-3-5-11)14(17)16-13-7-6-12(9-13)15(18)19/h10-13H,2-9H2,1H3,(H,16,17)(H,18,19)/t10?,12-,13+/m1/s1. The van der Waals surface area contributed by atoms with Crippen molar-refractivity contribution in [3.8, 4) is 0 Å². The van der Waals surface area contributed by atoms with Gasteiger partial charge in [0.2, 0.25) is 5.91 Å². The minimum Gasteiger partial charge on any atom is -0.481 e. The topological polar surface area (TPSA) is 66.4 Å². The molecule has 0 aromatic carbocycles. The van der Waals surface area contributed by atoms with Crippen molar-refractivity contribution in [1.82, 2.24) is 5.32 Å². The molecule has 0 bridgehead atoms. The molecule has 2 aliphatic carbocycles. The first kappa shape index (κ1) is 14.4. The van der Waals surface area contributed by atoms with Crippen molar-refractivity contribution in [2.75, 3.05) is 0 Å². The Morgan fingerprint density at radius 2 is 1.89 bits per heavy atom. The van der Waals surface area contributed by atoms with Crippen LogP contribution in [0.4, 0.5) is 0 Å². The Morgan fingerprint density at radius 3 is 2.47 bits per heavy atom. The van der Waals surface area contributed by atoms with Gasteiger partial charge in [-0.15, -0.1) is 0 Å². The second-order valence-electron chi connectivity index (χ2n) is 6.34. The van der Waals surface area contributed by atoms with Gasteiger partial charge in [-0.1, -0.05) is 32.6 Å². The number of carbonyl (C=O) groups is 2. The molecule has 0 radical (unpaired) electrons. The molecule has 3 atom stereocenters. The van der Waals surface area contributed by atoms with Crippen molar-refractivity contribution in [3.05, 3.63) is 0 Å². The Bertz CT molecular complexity index is 336. The number of hydrogen-bond acceptors (Lipinski definition) is 2. The molecule has 0 aromatic heterocycles. The molecule has 2 aliphatic rings. The molecule has 0 aromatic rings. The van der Waals surface area contributed by atoms with E-state index in [0.29, 0.717) is 12.8 Å². The summed E-state index contributed by atoms with van der Waals surface area (Å²) in [7, 11) is 0. The van der Waals surface area contributed by atoms with Gasteiger partial charge in [-0.2, -0.15) is 0 Å². The van der Waals surface area contributed by atoms with Crippen LogP contribution < -0.4 is 5.32 Å². The fraction of sp³-hybridized carbons (Fsp3) is 0.867. The number of carbonyl (C=O) groups excluding carboxylic acids is 1. The highest BCUT2D eigenvalue weighted by molar-refractivity contribution is 5.79. The van der Waals surface area contributed by atoms with Crippen molar-refractivity contribution in [2.45, 2.75) is 64.3 Å². The van der Waals surface area contributed by atoms with Gasteiger partial charge in [0.15, 0.2) is 0 Å². The fourth-order valence-electron chi connectivity index (χ4n) is 3.53. The average Bonchev–Trinajstić information content (AvgIpc) is 2.99. The minimum absolute atomic E-state index is 0.0620. The number of rotatable bonds is 5. The van der Waals surface area contributed by atoms with E-state index in [1.165, 1.54) is 25.7 Å². The molecular formula is C15H25NO3. The molecule has 2 fully saturated rings. The van der Waals surface area contributed by atoms with E-state index in [1.807, 2.05) is 6.92 Å². The quantitative estimate of drug-likeness (QED) is 0.804. The van der Waals surface area contributed by atoms with Crippen LogP contribution in [0.25, 0.3) is 0 Å². The van der Waals surface area contributed by atoms with Crippen LogP contribution in [0, 0.1) is 17.8 Å². The van der Waals surface area contributed by atoms with Gasteiger partial charge in [-0.25, -0.2) is 0 Å². The Balaban J connectivity index is 1.73. The number of nitrogens with one attached hydrogen (secondary N) is 1. The van der Waals surface area contributed by atoms with Crippen LogP contribution in [0.1, 0.15) is 58.3 Å². The van der Waals surface area contributed by atoms with E-state index in [9.17, 15) is 9.59 Å². The zero-order valence-electron chi connectivity index (χ0n) is 11.7. The lowest BCUT2D eigenvalue weighted by atomic mass is 9.94. The van der Waals surface area contributed by atoms with E-state index >= 15 is 0 Å². The van der Waals surface area contributed by atoms with Gasteiger partial charge < -0.3 is 10.4 Å². The first-order chi connectivity index (χ1) is 9.06. The normalized spacial score (nSPS) is 29.3. The Kier molecular flexibility index (Phi) is 4.83. The summed E-state index contributed by atoms with van der Waals surface area (Å²) in [6.07, 6.45) is 8.22. The smallest absolute Gasteiger partial charge is 0.306 e. The molecule has 0 aliphatic heterocycles. The number of carboxylic acid groups (broad SMARTS) is 1. The zero-order chi connectivity index (χ0) is 13.8. The number of aliphatic carboxylic acids is 1. The SMILES string of the molecule is CC(CC1CCCC1)C(=O)N[C@H]1CC[C@@H](C(=O)O)C1. The third-order valence-electron chi connectivity index (χ3n) is 4.74. The van der Waals surface area contributed by atoms with Gasteiger partial charge >= 0.3 is 5.97 Å². The first-order valence-corrected chi connectivity index (χ1v) is 7.59. The van der Waals surface area contributed by atoms with Crippen molar-refractivity contribution < 1.29 is 14.7 Å². The minimum atomic E-state index is -0.726. The van der Waals surface area contributed by atoms with Crippen LogP contribution in [0.2, 0.25) is 0 Å². The van der Waals surface area contributed by atoms with Crippen LogP contribution in [0.5, 0.6) is 0 Å². The summed E-state index contributed by atoms with van der Waals surface area (Å²) in [5, 5.41) is 12.0. The van der Waals surface area contributed by atoms with E-state index < -0.39 is 5.97 Å². The van der Waals surface area contributed by atoms with Crippen LogP contribution in [-0.2, 0) is 9.59 Å². The second kappa shape index (κ2) is 6.40. The van der Waals surface area contributed by atoms with E-state index in [2.05, 4.69) is 5.32 Å². The molecule has 0 saturated heterocycles. The predicted molar refractivity (Wildman–Crippen MR) is 72.6 cm³/mol. The van der Waals surface area contributed by atoms with Crippen molar-refractivity contribution in [3.63, 3.8) is 0 Å². The van der Waals surface area contributed by atoms with Gasteiger partial charge in [0.05, 0.1) is 5.92 Å². The molecule has 1 amide bonds. The van der Waals surface area contributed by atoms with Gasteiger partial charge in [0.25, 0.3) is 0 Å². The predicted octanol–water partition coefficient (Wildman–Crippen LogP) is 2.57. The molecule has 108 valence electrons. The molecular weight excluding hydrogens is 242 g/mol. The number of hydrogen-bond donors (Lipinski definition) is 2. The fourth-order valence-corrected chi connectivity index (χ4v) is 3.53. The molecule has 2 rings (SSSR count). The maximum absolute atomic E-state index is 12.1. The largest absolute Gasteiger partial charge is 0.481 e. The highest BCUT2D eigenvalue weighted by atomic mass is 16.4. The van der Waals surface area contributed by atoms with Crippen LogP contribution in [0.3, 0.4) is 0 Å². The van der Waals surface area contributed by atoms with Crippen molar-refractivity contribution in [1.29, 1.82) is 0 Å². The molecule has 1 unspecified atom stereocenters. The van der Waals surface area contributed by atoms with Gasteiger partial charge in [-0.3, -0.25) is 9.59 Å². The van der Waals surface area contributed by atoms with E-state index in [0.717, 1.165) is 18.8 Å². The zero-order valence-corrected chi connectivity index (χ0v) is 11.7. The summed E-state index contributed by atoms with van der Waals surface area (Å²) < 4.78 is 0.